The number of aromatic nitrogens is 1. The van der Waals surface area contributed by atoms with Gasteiger partial charge < -0.3 is 19.5 Å². The van der Waals surface area contributed by atoms with Gasteiger partial charge in [-0.3, -0.25) is 9.78 Å². The molecule has 0 radical (unpaired) electrons. The highest BCUT2D eigenvalue weighted by Gasteiger charge is 2.15. The van der Waals surface area contributed by atoms with E-state index in [1.807, 2.05) is 12.1 Å². The third-order valence-corrected chi connectivity index (χ3v) is 4.71. The summed E-state index contributed by atoms with van der Waals surface area (Å²) in [6.07, 6.45) is 0.574. The number of carbonyl (C=O) groups is 2. The van der Waals surface area contributed by atoms with E-state index in [4.69, 9.17) is 14.2 Å². The molecule has 0 spiro atoms. The first kappa shape index (κ1) is 22.0. The second-order valence-corrected chi connectivity index (χ2v) is 6.82. The molecule has 0 bridgehead atoms. The molecule has 1 N–H and O–H groups in total. The van der Waals surface area contributed by atoms with E-state index < -0.39 is 24.3 Å². The standard InChI is InChI=1S/C23H23FN2O5/c1-14-18(11-16-5-6-17(24)12-19(16)26-14)23(28)31-13-22(27)25-9-8-15-4-7-20(29-2)21(10-15)30-3/h4-7,10-12H,8-9,13H2,1-3H3,(H,25,27). The second-order valence-electron chi connectivity index (χ2n) is 6.82. The maximum Gasteiger partial charge on any atom is 0.340 e. The number of fused-ring (bicyclic) bond motifs is 1. The highest BCUT2D eigenvalue weighted by molar-refractivity contribution is 5.96. The molecule has 0 saturated heterocycles. The molecular formula is C23H23FN2O5. The number of hydrogen-bond donors (Lipinski definition) is 1. The zero-order valence-electron chi connectivity index (χ0n) is 17.5. The fourth-order valence-corrected chi connectivity index (χ4v) is 3.09. The number of pyridine rings is 1. The first-order valence-electron chi connectivity index (χ1n) is 9.63. The van der Waals surface area contributed by atoms with Gasteiger partial charge in [0.25, 0.3) is 5.91 Å². The molecule has 0 aliphatic carbocycles. The van der Waals surface area contributed by atoms with Crippen molar-refractivity contribution in [1.29, 1.82) is 0 Å². The number of esters is 1. The summed E-state index contributed by atoms with van der Waals surface area (Å²) in [4.78, 5) is 28.6. The number of benzene rings is 2. The van der Waals surface area contributed by atoms with Crippen LogP contribution in [0.25, 0.3) is 10.9 Å². The molecule has 0 fully saturated rings. The molecule has 1 heterocycles. The van der Waals surface area contributed by atoms with Crippen LogP contribution in [-0.4, -0.2) is 44.2 Å². The summed E-state index contributed by atoms with van der Waals surface area (Å²) in [7, 11) is 3.12. The Morgan fingerprint density at radius 3 is 2.55 bits per heavy atom. The van der Waals surface area contributed by atoms with E-state index >= 15 is 0 Å². The molecule has 1 amide bonds. The average molecular weight is 426 g/mol. The van der Waals surface area contributed by atoms with Gasteiger partial charge in [-0.1, -0.05) is 6.07 Å². The molecule has 162 valence electrons. The number of nitrogens with one attached hydrogen (secondary N) is 1. The average Bonchev–Trinajstić information content (AvgIpc) is 2.76. The van der Waals surface area contributed by atoms with Crippen molar-refractivity contribution in [2.75, 3.05) is 27.4 Å². The Kier molecular flexibility index (Phi) is 7.02. The summed E-state index contributed by atoms with van der Waals surface area (Å²) < 4.78 is 28.9. The fraction of sp³-hybridized carbons (Fsp3) is 0.261. The quantitative estimate of drug-likeness (QED) is 0.557. The molecule has 31 heavy (non-hydrogen) atoms. The fourth-order valence-electron chi connectivity index (χ4n) is 3.09. The zero-order chi connectivity index (χ0) is 22.4. The molecule has 0 unspecified atom stereocenters. The Balaban J connectivity index is 1.51. The minimum atomic E-state index is -0.661. The first-order valence-corrected chi connectivity index (χ1v) is 9.63. The lowest BCUT2D eigenvalue weighted by molar-refractivity contribution is -0.124. The number of amides is 1. The van der Waals surface area contributed by atoms with E-state index in [0.29, 0.717) is 41.1 Å². The van der Waals surface area contributed by atoms with Crippen molar-refractivity contribution in [1.82, 2.24) is 10.3 Å². The number of halogens is 1. The first-order chi connectivity index (χ1) is 14.9. The Hall–Kier alpha value is -3.68. The normalized spacial score (nSPS) is 10.6. The van der Waals surface area contributed by atoms with E-state index in [0.717, 1.165) is 5.56 Å². The van der Waals surface area contributed by atoms with Crippen molar-refractivity contribution in [2.24, 2.45) is 0 Å². The van der Waals surface area contributed by atoms with Crippen LogP contribution >= 0.6 is 0 Å². The molecule has 0 saturated carbocycles. The molecule has 0 aliphatic heterocycles. The Morgan fingerprint density at radius 2 is 1.81 bits per heavy atom. The highest BCUT2D eigenvalue weighted by Crippen LogP contribution is 2.27. The van der Waals surface area contributed by atoms with Crippen molar-refractivity contribution in [2.45, 2.75) is 13.3 Å². The van der Waals surface area contributed by atoms with Crippen molar-refractivity contribution in [3.05, 3.63) is 65.1 Å². The lowest BCUT2D eigenvalue weighted by Gasteiger charge is -2.11. The largest absolute Gasteiger partial charge is 0.493 e. The monoisotopic (exact) mass is 426 g/mol. The molecule has 1 aromatic heterocycles. The summed E-state index contributed by atoms with van der Waals surface area (Å²) in [5, 5.41) is 3.32. The van der Waals surface area contributed by atoms with E-state index in [-0.39, 0.29) is 5.56 Å². The zero-order valence-corrected chi connectivity index (χ0v) is 17.5. The Labute approximate surface area is 179 Å². The summed E-state index contributed by atoms with van der Waals surface area (Å²) in [5.74, 6) is -0.235. The number of rotatable bonds is 8. The van der Waals surface area contributed by atoms with Crippen LogP contribution in [0.1, 0.15) is 21.6 Å². The smallest absolute Gasteiger partial charge is 0.340 e. The second kappa shape index (κ2) is 9.88. The van der Waals surface area contributed by atoms with E-state index in [9.17, 15) is 14.0 Å². The van der Waals surface area contributed by atoms with Crippen LogP contribution in [0.3, 0.4) is 0 Å². The summed E-state index contributed by atoms with van der Waals surface area (Å²) in [6, 6.07) is 11.2. The number of methoxy groups -OCH3 is 2. The SMILES string of the molecule is COc1ccc(CCNC(=O)COC(=O)c2cc3ccc(F)cc3nc2C)cc1OC. The maximum atomic E-state index is 13.3. The van der Waals surface area contributed by atoms with Crippen LogP contribution in [0.15, 0.2) is 42.5 Å². The van der Waals surface area contributed by atoms with Crippen molar-refractivity contribution >= 4 is 22.8 Å². The Bertz CT molecular complexity index is 1120. The van der Waals surface area contributed by atoms with Gasteiger partial charge in [-0.2, -0.15) is 0 Å². The molecule has 0 aliphatic rings. The van der Waals surface area contributed by atoms with Crippen LogP contribution in [-0.2, 0) is 16.0 Å². The predicted octanol–water partition coefficient (Wildman–Crippen LogP) is 3.22. The molecule has 2 aromatic carbocycles. The molecule has 3 rings (SSSR count). The highest BCUT2D eigenvalue weighted by atomic mass is 19.1. The third-order valence-electron chi connectivity index (χ3n) is 4.71. The van der Waals surface area contributed by atoms with Crippen molar-refractivity contribution < 1.29 is 28.2 Å². The van der Waals surface area contributed by atoms with Crippen molar-refractivity contribution in [3.63, 3.8) is 0 Å². The Morgan fingerprint density at radius 1 is 1.03 bits per heavy atom. The lowest BCUT2D eigenvalue weighted by atomic mass is 10.1. The number of aryl methyl sites for hydroxylation is 1. The predicted molar refractivity (Wildman–Crippen MR) is 113 cm³/mol. The van der Waals surface area contributed by atoms with Gasteiger partial charge in [0.2, 0.25) is 0 Å². The lowest BCUT2D eigenvalue weighted by Crippen LogP contribution is -2.30. The van der Waals surface area contributed by atoms with Crippen LogP contribution in [0.5, 0.6) is 11.5 Å². The van der Waals surface area contributed by atoms with Gasteiger partial charge in [-0.25, -0.2) is 9.18 Å². The number of hydrogen-bond acceptors (Lipinski definition) is 6. The van der Waals surface area contributed by atoms with E-state index in [1.165, 1.54) is 18.2 Å². The van der Waals surface area contributed by atoms with Crippen LogP contribution in [0.2, 0.25) is 0 Å². The summed E-state index contributed by atoms with van der Waals surface area (Å²) >= 11 is 0. The molecule has 8 heteroatoms. The van der Waals surface area contributed by atoms with Gasteiger partial charge in [-0.05, 0) is 49.2 Å². The van der Waals surface area contributed by atoms with Gasteiger partial charge in [0, 0.05) is 18.0 Å². The minimum Gasteiger partial charge on any atom is -0.493 e. The number of carbonyl (C=O) groups excluding carboxylic acids is 2. The van der Waals surface area contributed by atoms with Gasteiger partial charge in [0.15, 0.2) is 18.1 Å². The topological polar surface area (TPSA) is 86.8 Å². The van der Waals surface area contributed by atoms with E-state index in [2.05, 4.69) is 10.3 Å². The van der Waals surface area contributed by atoms with Crippen molar-refractivity contribution in [3.8, 4) is 11.5 Å². The molecule has 7 nitrogen and oxygen atoms in total. The molecular weight excluding hydrogens is 403 g/mol. The number of nitrogens with zero attached hydrogens (tertiary/aromatic N) is 1. The summed E-state index contributed by atoms with van der Waals surface area (Å²) in [5.41, 5.74) is 2.04. The molecule has 0 atom stereocenters. The minimum absolute atomic E-state index is 0.234. The summed E-state index contributed by atoms with van der Waals surface area (Å²) in [6.45, 7) is 1.59. The van der Waals surface area contributed by atoms with Gasteiger partial charge >= 0.3 is 5.97 Å². The molecule has 3 aromatic rings. The third kappa shape index (κ3) is 5.48. The van der Waals surface area contributed by atoms with Crippen LogP contribution in [0.4, 0.5) is 4.39 Å². The van der Waals surface area contributed by atoms with Crippen LogP contribution in [0, 0.1) is 12.7 Å². The van der Waals surface area contributed by atoms with E-state index in [1.54, 1.807) is 33.3 Å². The number of ether oxygens (including phenoxy) is 3. The maximum absolute atomic E-state index is 13.3. The van der Waals surface area contributed by atoms with Gasteiger partial charge in [-0.15, -0.1) is 0 Å². The van der Waals surface area contributed by atoms with Gasteiger partial charge in [0.1, 0.15) is 5.82 Å². The van der Waals surface area contributed by atoms with Crippen LogP contribution < -0.4 is 14.8 Å². The van der Waals surface area contributed by atoms with Gasteiger partial charge in [0.05, 0.1) is 31.0 Å².